The summed E-state index contributed by atoms with van der Waals surface area (Å²) in [5.41, 5.74) is 0.193. The summed E-state index contributed by atoms with van der Waals surface area (Å²) in [6.45, 7) is 2.15. The van der Waals surface area contributed by atoms with Gasteiger partial charge in [-0.2, -0.15) is 4.98 Å². The predicted octanol–water partition coefficient (Wildman–Crippen LogP) is 0.811. The molecule has 1 aromatic rings. The lowest BCUT2D eigenvalue weighted by Gasteiger charge is -2.32. The summed E-state index contributed by atoms with van der Waals surface area (Å²) < 4.78 is 10.1. The molecule has 0 amide bonds. The van der Waals surface area contributed by atoms with Crippen LogP contribution in [0.25, 0.3) is 0 Å². The maximum Gasteiger partial charge on any atom is 0.213 e. The van der Waals surface area contributed by atoms with Crippen LogP contribution in [0.4, 0.5) is 0 Å². The first kappa shape index (κ1) is 11.0. The van der Waals surface area contributed by atoms with E-state index in [-0.39, 0.29) is 5.54 Å². The Hall–Kier alpha value is -1.08. The number of hydrogen-bond acceptors (Lipinski definition) is 6. The lowest BCUT2D eigenvalue weighted by molar-refractivity contribution is 0.0555. The van der Waals surface area contributed by atoms with E-state index in [9.17, 15) is 0 Å². The molecular formula is C10H14N4O2S. The van der Waals surface area contributed by atoms with Crippen LogP contribution in [0.2, 0.25) is 0 Å². The first-order valence-corrected chi connectivity index (χ1v) is 6.63. The van der Waals surface area contributed by atoms with Crippen LogP contribution in [0, 0.1) is 0 Å². The second-order valence-electron chi connectivity index (χ2n) is 4.28. The van der Waals surface area contributed by atoms with Gasteiger partial charge in [-0.15, -0.1) is 0 Å². The smallest absolute Gasteiger partial charge is 0.213 e. The van der Waals surface area contributed by atoms with Gasteiger partial charge in [-0.1, -0.05) is 16.9 Å². The van der Waals surface area contributed by atoms with E-state index in [2.05, 4.69) is 25.0 Å². The Kier molecular flexibility index (Phi) is 3.02. The largest absolute Gasteiger partial charge is 0.381 e. The van der Waals surface area contributed by atoms with Gasteiger partial charge in [0.1, 0.15) is 6.54 Å². The molecule has 1 N–H and O–H groups in total. The van der Waals surface area contributed by atoms with Crippen molar-refractivity contribution in [2.45, 2.75) is 24.9 Å². The van der Waals surface area contributed by atoms with Crippen molar-refractivity contribution in [3.63, 3.8) is 0 Å². The van der Waals surface area contributed by atoms with Gasteiger partial charge in [0.05, 0.1) is 5.54 Å². The molecule has 1 spiro atoms. The van der Waals surface area contributed by atoms with E-state index in [1.54, 1.807) is 11.8 Å². The zero-order valence-corrected chi connectivity index (χ0v) is 10.2. The molecule has 2 aliphatic rings. The zero-order valence-electron chi connectivity index (χ0n) is 9.39. The van der Waals surface area contributed by atoms with Crippen molar-refractivity contribution in [3.05, 3.63) is 12.2 Å². The van der Waals surface area contributed by atoms with Gasteiger partial charge in [0.15, 0.2) is 11.0 Å². The third-order valence-corrected chi connectivity index (χ3v) is 4.28. The number of aromatic nitrogens is 2. The van der Waals surface area contributed by atoms with Gasteiger partial charge in [0.25, 0.3) is 0 Å². The van der Waals surface area contributed by atoms with Gasteiger partial charge in [0, 0.05) is 19.0 Å². The normalized spacial score (nSPS) is 25.3. The molecule has 0 atom stereocenters. The summed E-state index contributed by atoms with van der Waals surface area (Å²) in [5, 5.41) is 8.23. The molecule has 2 fully saturated rings. The van der Waals surface area contributed by atoms with Crippen molar-refractivity contribution < 1.29 is 9.26 Å². The molecule has 92 valence electrons. The number of hydrogen-bond donors (Lipinski definition) is 1. The minimum absolute atomic E-state index is 0.193. The van der Waals surface area contributed by atoms with Gasteiger partial charge >= 0.3 is 0 Å². The Morgan fingerprint density at radius 1 is 1.47 bits per heavy atom. The molecule has 1 aromatic heterocycles. The molecule has 17 heavy (non-hydrogen) atoms. The molecule has 7 heteroatoms. The lowest BCUT2D eigenvalue weighted by Crippen LogP contribution is -2.48. The number of nitrogens with zero attached hydrogens (tertiary/aromatic N) is 3. The van der Waals surface area contributed by atoms with Gasteiger partial charge in [-0.25, -0.2) is 0 Å². The topological polar surface area (TPSA) is 72.5 Å². The summed E-state index contributed by atoms with van der Waals surface area (Å²) >= 11 is 1.77. The number of nitrogens with one attached hydrogen (secondary N) is 1. The summed E-state index contributed by atoms with van der Waals surface area (Å²) in [4.78, 5) is 8.40. The van der Waals surface area contributed by atoms with Crippen LogP contribution in [-0.4, -0.2) is 39.8 Å². The Balaban J connectivity index is 1.61. The average molecular weight is 254 g/mol. The van der Waals surface area contributed by atoms with E-state index in [4.69, 9.17) is 4.74 Å². The first-order chi connectivity index (χ1) is 8.36. The fraction of sp³-hybridized carbons (Fsp3) is 0.700. The van der Waals surface area contributed by atoms with Crippen LogP contribution in [0.15, 0.2) is 15.9 Å². The molecule has 0 aromatic carbocycles. The number of ether oxygens (including phenoxy) is 1. The van der Waals surface area contributed by atoms with E-state index in [1.165, 1.54) is 6.39 Å². The first-order valence-electron chi connectivity index (χ1n) is 5.65. The molecular weight excluding hydrogens is 240 g/mol. The molecule has 0 saturated carbocycles. The third-order valence-electron chi connectivity index (χ3n) is 3.08. The Morgan fingerprint density at radius 2 is 2.35 bits per heavy atom. The van der Waals surface area contributed by atoms with E-state index in [1.807, 2.05) is 0 Å². The molecule has 2 aliphatic heterocycles. The highest BCUT2D eigenvalue weighted by molar-refractivity contribution is 8.14. The molecule has 2 saturated heterocycles. The van der Waals surface area contributed by atoms with Gasteiger partial charge in [-0.3, -0.25) is 4.99 Å². The van der Waals surface area contributed by atoms with Crippen LogP contribution < -0.4 is 5.32 Å². The van der Waals surface area contributed by atoms with Crippen molar-refractivity contribution in [2.24, 2.45) is 4.99 Å². The third kappa shape index (κ3) is 2.44. The molecule has 3 heterocycles. The van der Waals surface area contributed by atoms with Crippen LogP contribution in [0.3, 0.4) is 0 Å². The van der Waals surface area contributed by atoms with Gasteiger partial charge < -0.3 is 14.6 Å². The van der Waals surface area contributed by atoms with Crippen LogP contribution >= 0.6 is 11.8 Å². The van der Waals surface area contributed by atoms with Crippen LogP contribution in [-0.2, 0) is 11.3 Å². The fourth-order valence-electron chi connectivity index (χ4n) is 2.03. The van der Waals surface area contributed by atoms with Crippen molar-refractivity contribution in [1.29, 1.82) is 0 Å². The SMILES string of the molecule is c1nc(CN=C2NC3(CCOCC3)CS2)no1. The van der Waals surface area contributed by atoms with E-state index >= 15 is 0 Å². The summed E-state index contributed by atoms with van der Waals surface area (Å²) in [6.07, 6.45) is 3.44. The second-order valence-corrected chi connectivity index (χ2v) is 5.24. The highest BCUT2D eigenvalue weighted by Crippen LogP contribution is 2.31. The average Bonchev–Trinajstić information content (AvgIpc) is 2.98. The molecule has 0 radical (unpaired) electrons. The Morgan fingerprint density at radius 3 is 3.12 bits per heavy atom. The minimum Gasteiger partial charge on any atom is -0.381 e. The predicted molar refractivity (Wildman–Crippen MR) is 63.8 cm³/mol. The monoisotopic (exact) mass is 254 g/mol. The van der Waals surface area contributed by atoms with Gasteiger partial charge in [0.2, 0.25) is 6.39 Å². The van der Waals surface area contributed by atoms with Crippen molar-refractivity contribution >= 4 is 16.9 Å². The highest BCUT2D eigenvalue weighted by Gasteiger charge is 2.38. The van der Waals surface area contributed by atoms with E-state index in [0.717, 1.165) is 37.0 Å². The van der Waals surface area contributed by atoms with E-state index in [0.29, 0.717) is 12.4 Å². The molecule has 0 aliphatic carbocycles. The summed E-state index contributed by atoms with van der Waals surface area (Å²) in [6, 6.07) is 0. The lowest BCUT2D eigenvalue weighted by atomic mass is 9.93. The number of thioether (sulfide) groups is 1. The molecule has 0 bridgehead atoms. The second kappa shape index (κ2) is 4.66. The Bertz CT molecular complexity index is 400. The maximum atomic E-state index is 5.39. The van der Waals surface area contributed by atoms with E-state index < -0.39 is 0 Å². The van der Waals surface area contributed by atoms with Crippen molar-refractivity contribution in [2.75, 3.05) is 19.0 Å². The number of amidine groups is 1. The summed E-state index contributed by atoms with van der Waals surface area (Å²) in [7, 11) is 0. The van der Waals surface area contributed by atoms with Gasteiger partial charge in [-0.05, 0) is 12.8 Å². The highest BCUT2D eigenvalue weighted by atomic mass is 32.2. The van der Waals surface area contributed by atoms with Crippen molar-refractivity contribution in [1.82, 2.24) is 15.5 Å². The molecule has 0 unspecified atom stereocenters. The number of rotatable bonds is 2. The fourth-order valence-corrected chi connectivity index (χ4v) is 3.25. The molecule has 3 rings (SSSR count). The number of aliphatic imine (C=N–C) groups is 1. The van der Waals surface area contributed by atoms with Crippen molar-refractivity contribution in [3.8, 4) is 0 Å². The minimum atomic E-state index is 0.193. The molecule has 6 nitrogen and oxygen atoms in total. The quantitative estimate of drug-likeness (QED) is 0.842. The standard InChI is InChI=1S/C10H14N4O2S/c1-3-15-4-2-10(1)6-17-9(13-10)11-5-8-12-7-16-14-8/h7H,1-6H2,(H,11,13). The Labute approximate surface area is 103 Å². The zero-order chi connectivity index (χ0) is 11.6. The summed E-state index contributed by atoms with van der Waals surface area (Å²) in [5.74, 6) is 1.69. The maximum absolute atomic E-state index is 5.39. The van der Waals surface area contributed by atoms with Crippen LogP contribution in [0.1, 0.15) is 18.7 Å². The van der Waals surface area contributed by atoms with Crippen LogP contribution in [0.5, 0.6) is 0 Å².